The summed E-state index contributed by atoms with van der Waals surface area (Å²) in [5, 5.41) is 8.89. The van der Waals surface area contributed by atoms with E-state index in [1.54, 1.807) is 6.92 Å². The predicted octanol–water partition coefficient (Wildman–Crippen LogP) is 2.87. The lowest BCUT2D eigenvalue weighted by Crippen LogP contribution is -2.35. The topological polar surface area (TPSA) is 57.6 Å². The highest BCUT2D eigenvalue weighted by atomic mass is 79.9. The summed E-state index contributed by atoms with van der Waals surface area (Å²) in [5.74, 6) is -1.81. The fraction of sp³-hybridized carbons (Fsp3) is 0.333. The lowest BCUT2D eigenvalue weighted by atomic mass is 10.1. The summed E-state index contributed by atoms with van der Waals surface area (Å²) in [7, 11) is 0. The molecule has 1 rings (SSSR count). The average molecular weight is 336 g/mol. The Morgan fingerprint density at radius 3 is 2.37 bits per heavy atom. The maximum absolute atomic E-state index is 12.3. The van der Waals surface area contributed by atoms with E-state index in [0.29, 0.717) is 4.47 Å². The van der Waals surface area contributed by atoms with Gasteiger partial charge in [-0.2, -0.15) is 0 Å². The van der Waals surface area contributed by atoms with Gasteiger partial charge in [0.15, 0.2) is 0 Å². The second-order valence-electron chi connectivity index (χ2n) is 3.77. The largest absolute Gasteiger partial charge is 0.478 e. The van der Waals surface area contributed by atoms with Crippen LogP contribution < -0.4 is 0 Å². The third-order valence-electron chi connectivity index (χ3n) is 2.42. The van der Waals surface area contributed by atoms with Crippen LogP contribution >= 0.6 is 15.9 Å². The second-order valence-corrected chi connectivity index (χ2v) is 4.68. The number of hydrogen-bond donors (Lipinski definition) is 1. The fourth-order valence-corrected chi connectivity index (χ4v) is 2.03. The van der Waals surface area contributed by atoms with Crippen LogP contribution in [0.15, 0.2) is 22.7 Å². The molecule has 0 aliphatic heterocycles. The fourth-order valence-electron chi connectivity index (χ4n) is 1.54. The van der Waals surface area contributed by atoms with E-state index in [2.05, 4.69) is 15.9 Å². The minimum Gasteiger partial charge on any atom is -0.478 e. The Morgan fingerprint density at radius 2 is 1.89 bits per heavy atom. The normalized spacial score (nSPS) is 10.6. The number of nitrogens with zero attached hydrogens (tertiary/aromatic N) is 1. The zero-order valence-corrected chi connectivity index (χ0v) is 11.7. The molecule has 1 N–H and O–H groups in total. The maximum Gasteiger partial charge on any atom is 0.335 e. The SMILES string of the molecule is CCN(CC(F)F)C(=O)c1cc(Br)cc(C(=O)O)c1. The molecule has 1 amide bonds. The van der Waals surface area contributed by atoms with Gasteiger partial charge < -0.3 is 10.0 Å². The first kappa shape index (κ1) is 15.6. The van der Waals surface area contributed by atoms with E-state index in [1.807, 2.05) is 0 Å². The molecule has 0 saturated carbocycles. The average Bonchev–Trinajstić information content (AvgIpc) is 2.34. The van der Waals surface area contributed by atoms with E-state index in [4.69, 9.17) is 5.11 Å². The quantitative estimate of drug-likeness (QED) is 0.900. The number of carboxylic acids is 1. The van der Waals surface area contributed by atoms with Gasteiger partial charge in [0.2, 0.25) is 0 Å². The van der Waals surface area contributed by atoms with Gasteiger partial charge in [0.05, 0.1) is 12.1 Å². The molecule has 0 aliphatic carbocycles. The van der Waals surface area contributed by atoms with E-state index < -0.39 is 24.8 Å². The maximum atomic E-state index is 12.3. The van der Waals surface area contributed by atoms with Gasteiger partial charge in [-0.15, -0.1) is 0 Å². The Bertz CT molecular complexity index is 494. The molecule has 19 heavy (non-hydrogen) atoms. The molecule has 0 spiro atoms. The van der Waals surface area contributed by atoms with Crippen molar-refractivity contribution in [2.45, 2.75) is 13.3 Å². The molecule has 0 unspecified atom stereocenters. The second kappa shape index (κ2) is 6.60. The van der Waals surface area contributed by atoms with Gasteiger partial charge in [-0.25, -0.2) is 13.6 Å². The molecule has 0 saturated heterocycles. The van der Waals surface area contributed by atoms with Crippen LogP contribution in [0.5, 0.6) is 0 Å². The molecular weight excluding hydrogens is 324 g/mol. The molecule has 0 aromatic heterocycles. The molecule has 0 aliphatic rings. The van der Waals surface area contributed by atoms with Crippen LogP contribution in [0.1, 0.15) is 27.6 Å². The van der Waals surface area contributed by atoms with Crippen molar-refractivity contribution >= 4 is 27.8 Å². The van der Waals surface area contributed by atoms with E-state index >= 15 is 0 Å². The summed E-state index contributed by atoms with van der Waals surface area (Å²) in [6, 6.07) is 3.91. The first-order chi connectivity index (χ1) is 8.85. The Labute approximate surface area is 117 Å². The smallest absolute Gasteiger partial charge is 0.335 e. The van der Waals surface area contributed by atoms with Crippen molar-refractivity contribution < 1.29 is 23.5 Å². The number of halogens is 3. The third-order valence-corrected chi connectivity index (χ3v) is 2.88. The van der Waals surface area contributed by atoms with E-state index in [-0.39, 0.29) is 17.7 Å². The number of hydrogen-bond acceptors (Lipinski definition) is 2. The van der Waals surface area contributed by atoms with Gasteiger partial charge in [-0.05, 0) is 25.1 Å². The highest BCUT2D eigenvalue weighted by molar-refractivity contribution is 9.10. The van der Waals surface area contributed by atoms with Gasteiger partial charge in [0, 0.05) is 16.6 Å². The molecule has 0 atom stereocenters. The Balaban J connectivity index is 3.07. The first-order valence-electron chi connectivity index (χ1n) is 5.46. The van der Waals surface area contributed by atoms with Gasteiger partial charge in [-0.3, -0.25) is 4.79 Å². The van der Waals surface area contributed by atoms with Crippen molar-refractivity contribution in [3.8, 4) is 0 Å². The van der Waals surface area contributed by atoms with Gasteiger partial charge in [-0.1, -0.05) is 15.9 Å². The summed E-state index contributed by atoms with van der Waals surface area (Å²) in [6.07, 6.45) is -2.63. The van der Waals surface area contributed by atoms with Gasteiger partial charge >= 0.3 is 5.97 Å². The summed E-state index contributed by atoms with van der Waals surface area (Å²) in [5.41, 5.74) is -0.0138. The number of amides is 1. The molecule has 4 nitrogen and oxygen atoms in total. The molecule has 1 aromatic rings. The number of carbonyl (C=O) groups is 2. The number of benzene rings is 1. The van der Waals surface area contributed by atoms with Gasteiger partial charge in [0.25, 0.3) is 12.3 Å². The van der Waals surface area contributed by atoms with Crippen LogP contribution in [0, 0.1) is 0 Å². The molecule has 0 fully saturated rings. The van der Waals surface area contributed by atoms with Crippen molar-refractivity contribution in [1.82, 2.24) is 4.90 Å². The Hall–Kier alpha value is -1.50. The number of rotatable bonds is 5. The van der Waals surface area contributed by atoms with Crippen LogP contribution in [0.2, 0.25) is 0 Å². The third kappa shape index (κ3) is 4.27. The summed E-state index contributed by atoms with van der Waals surface area (Å²) in [6.45, 7) is 1.03. The van der Waals surface area contributed by atoms with E-state index in [0.717, 1.165) is 4.90 Å². The van der Waals surface area contributed by atoms with E-state index in [1.165, 1.54) is 18.2 Å². The Kier molecular flexibility index (Phi) is 5.41. The highest BCUT2D eigenvalue weighted by Gasteiger charge is 2.19. The zero-order valence-electron chi connectivity index (χ0n) is 10.1. The lowest BCUT2D eigenvalue weighted by molar-refractivity contribution is 0.0569. The number of alkyl halides is 2. The van der Waals surface area contributed by atoms with Crippen molar-refractivity contribution in [3.63, 3.8) is 0 Å². The summed E-state index contributed by atoms with van der Waals surface area (Å²) >= 11 is 3.09. The standard InChI is InChI=1S/C12H12BrF2NO3/c1-2-16(6-10(14)15)11(17)7-3-8(12(18)19)5-9(13)4-7/h3-5,10H,2,6H2,1H3,(H,18,19). The monoisotopic (exact) mass is 335 g/mol. The lowest BCUT2D eigenvalue weighted by Gasteiger charge is -2.20. The molecule has 7 heteroatoms. The van der Waals surface area contributed by atoms with Crippen LogP contribution in [-0.2, 0) is 0 Å². The molecule has 0 bridgehead atoms. The van der Waals surface area contributed by atoms with Gasteiger partial charge in [0.1, 0.15) is 0 Å². The molecule has 0 heterocycles. The minimum atomic E-state index is -2.63. The number of carbonyl (C=O) groups excluding carboxylic acids is 1. The minimum absolute atomic E-state index is 0.0641. The Morgan fingerprint density at radius 1 is 1.32 bits per heavy atom. The zero-order chi connectivity index (χ0) is 14.6. The number of aromatic carboxylic acids is 1. The van der Waals surface area contributed by atoms with E-state index in [9.17, 15) is 18.4 Å². The van der Waals surface area contributed by atoms with Crippen LogP contribution in [0.25, 0.3) is 0 Å². The van der Waals surface area contributed by atoms with Crippen LogP contribution in [0.4, 0.5) is 8.78 Å². The van der Waals surface area contributed by atoms with Crippen LogP contribution in [0.3, 0.4) is 0 Å². The number of carboxylic acid groups (broad SMARTS) is 1. The molecular formula is C12H12BrF2NO3. The van der Waals surface area contributed by atoms with Crippen molar-refractivity contribution in [2.75, 3.05) is 13.1 Å². The molecule has 104 valence electrons. The highest BCUT2D eigenvalue weighted by Crippen LogP contribution is 2.18. The summed E-state index contributed by atoms with van der Waals surface area (Å²) in [4.78, 5) is 23.9. The predicted molar refractivity (Wildman–Crippen MR) is 68.7 cm³/mol. The van der Waals surface area contributed by atoms with Crippen molar-refractivity contribution in [1.29, 1.82) is 0 Å². The van der Waals surface area contributed by atoms with Crippen molar-refractivity contribution in [2.24, 2.45) is 0 Å². The molecule has 0 radical (unpaired) electrons. The van der Waals surface area contributed by atoms with Crippen LogP contribution in [-0.4, -0.2) is 41.4 Å². The first-order valence-corrected chi connectivity index (χ1v) is 6.25. The molecule has 1 aromatic carbocycles. The van der Waals surface area contributed by atoms with Crippen molar-refractivity contribution in [3.05, 3.63) is 33.8 Å². The summed E-state index contributed by atoms with van der Waals surface area (Å²) < 4.78 is 25.1.